The quantitative estimate of drug-likeness (QED) is 0.170. The first-order valence-corrected chi connectivity index (χ1v) is 17.2. The number of imidazole rings is 1. The zero-order valence-electron chi connectivity index (χ0n) is 29.3. The van der Waals surface area contributed by atoms with Gasteiger partial charge in [-0.15, -0.1) is 0 Å². The summed E-state index contributed by atoms with van der Waals surface area (Å²) < 4.78 is 52.7. The minimum Gasteiger partial charge on any atom is -0.481 e. The molecule has 1 saturated carbocycles. The number of methoxy groups -OCH3 is 1. The smallest absolute Gasteiger partial charge is 0.433 e. The number of aromatic amines is 1. The first-order chi connectivity index (χ1) is 24.4. The fraction of sp³-hybridized carbons (Fsp3) is 0.543. The monoisotopic (exact) mass is 711 g/mol. The van der Waals surface area contributed by atoms with Crippen molar-refractivity contribution >= 4 is 28.6 Å². The number of nitrogens with zero attached hydrogens (tertiary/aromatic N) is 8. The molecule has 1 aliphatic carbocycles. The van der Waals surface area contributed by atoms with Gasteiger partial charge in [-0.3, -0.25) is 9.69 Å². The molecule has 2 fully saturated rings. The van der Waals surface area contributed by atoms with Crippen molar-refractivity contribution in [2.75, 3.05) is 69.9 Å². The normalized spacial score (nSPS) is 17.8. The van der Waals surface area contributed by atoms with Gasteiger partial charge in [0.15, 0.2) is 11.5 Å². The van der Waals surface area contributed by atoms with E-state index in [0.29, 0.717) is 47.9 Å². The number of pyridine rings is 2. The zero-order chi connectivity index (χ0) is 36.3. The lowest BCUT2D eigenvalue weighted by molar-refractivity contribution is -0.141. The number of aliphatic carboxylic acids is 1. The number of nitrogens with one attached hydrogen (secondary N) is 1. The second-order valence-corrected chi connectivity index (χ2v) is 13.6. The van der Waals surface area contributed by atoms with Gasteiger partial charge in [0.2, 0.25) is 5.88 Å². The number of halogens is 3. The molecule has 4 aromatic rings. The predicted octanol–water partition coefficient (Wildman–Crippen LogP) is 5.52. The van der Waals surface area contributed by atoms with E-state index in [9.17, 15) is 18.0 Å². The number of carboxylic acids is 1. The molecule has 2 aliphatic rings. The van der Waals surface area contributed by atoms with Crippen molar-refractivity contribution in [3.05, 3.63) is 36.3 Å². The lowest BCUT2D eigenvalue weighted by Crippen LogP contribution is -2.52. The fourth-order valence-electron chi connectivity index (χ4n) is 7.06. The summed E-state index contributed by atoms with van der Waals surface area (Å²) in [4.78, 5) is 43.4. The third kappa shape index (κ3) is 8.17. The third-order valence-corrected chi connectivity index (χ3v) is 9.78. The summed E-state index contributed by atoms with van der Waals surface area (Å²) in [5.41, 5.74) is 1.55. The molecule has 5 heterocycles. The van der Waals surface area contributed by atoms with Gasteiger partial charge < -0.3 is 29.4 Å². The van der Waals surface area contributed by atoms with E-state index in [0.717, 1.165) is 63.0 Å². The average Bonchev–Trinajstić information content (AvgIpc) is 3.51. The second kappa shape index (κ2) is 15.0. The van der Waals surface area contributed by atoms with E-state index < -0.39 is 17.8 Å². The molecule has 274 valence electrons. The van der Waals surface area contributed by atoms with Crippen LogP contribution in [0, 0.1) is 5.41 Å². The van der Waals surface area contributed by atoms with E-state index in [1.165, 1.54) is 6.07 Å². The lowest BCUT2D eigenvalue weighted by Gasteiger charge is -2.44. The van der Waals surface area contributed by atoms with Gasteiger partial charge in [0.05, 0.1) is 37.0 Å². The Morgan fingerprint density at radius 1 is 1.12 bits per heavy atom. The van der Waals surface area contributed by atoms with Gasteiger partial charge in [0.25, 0.3) is 0 Å². The summed E-state index contributed by atoms with van der Waals surface area (Å²) in [5.74, 6) is 0.227. The average molecular weight is 712 g/mol. The van der Waals surface area contributed by atoms with Crippen LogP contribution in [0.2, 0.25) is 0 Å². The van der Waals surface area contributed by atoms with Gasteiger partial charge >= 0.3 is 12.1 Å². The SMILES string of the molecule is CCOc1cc(-c2cc(N(C)CC3(COC)CCC3)c3[nH]c(-c4cnc(N5CCN(CCCC(=O)O)[C@H](C)C5)cn4)nc3n2)cc(C(F)(F)F)n1. The summed E-state index contributed by atoms with van der Waals surface area (Å²) in [6.07, 6.45) is 2.57. The molecule has 0 unspecified atom stereocenters. The maximum absolute atomic E-state index is 13.9. The van der Waals surface area contributed by atoms with Gasteiger partial charge in [0, 0.05) is 69.8 Å². The molecule has 2 N–H and O–H groups in total. The molecule has 16 heteroatoms. The van der Waals surface area contributed by atoms with Crippen molar-refractivity contribution in [3.63, 3.8) is 0 Å². The van der Waals surface area contributed by atoms with Crippen LogP contribution in [-0.4, -0.2) is 112 Å². The van der Waals surface area contributed by atoms with E-state index in [1.807, 2.05) is 7.05 Å². The van der Waals surface area contributed by atoms with Crippen LogP contribution in [0.4, 0.5) is 24.7 Å². The number of hydrogen-bond acceptors (Lipinski definition) is 11. The van der Waals surface area contributed by atoms with E-state index in [-0.39, 0.29) is 35.9 Å². The molecule has 1 aliphatic heterocycles. The standard InChI is InChI=1S/C35H44F3N9O4/c1-5-51-29-15-23(14-27(42-29)35(36,37)38)24-16-26(45(3)20-34(21-50-4)9-7-10-34)31-33(41-24)44-32(43-31)25-17-40-28(18-39-25)47-13-12-46(22(2)19-47)11-6-8-30(48)49/h14-18,22H,5-13,19-21H2,1-4H3,(H,48,49)(H,41,43,44)/t22-/m1/s1. The van der Waals surface area contributed by atoms with Gasteiger partial charge in [-0.1, -0.05) is 6.42 Å². The minimum atomic E-state index is -4.68. The number of carbonyl (C=O) groups is 1. The number of aromatic nitrogens is 6. The molecule has 0 spiro atoms. The molecule has 13 nitrogen and oxygen atoms in total. The predicted molar refractivity (Wildman–Crippen MR) is 186 cm³/mol. The van der Waals surface area contributed by atoms with E-state index >= 15 is 0 Å². The summed E-state index contributed by atoms with van der Waals surface area (Å²) in [7, 11) is 3.65. The Balaban J connectivity index is 1.32. The first-order valence-electron chi connectivity index (χ1n) is 17.2. The van der Waals surface area contributed by atoms with E-state index in [4.69, 9.17) is 29.5 Å². The van der Waals surface area contributed by atoms with Crippen LogP contribution < -0.4 is 14.5 Å². The van der Waals surface area contributed by atoms with Gasteiger partial charge in [-0.05, 0) is 51.8 Å². The second-order valence-electron chi connectivity index (χ2n) is 13.6. The number of anilines is 2. The van der Waals surface area contributed by atoms with Crippen molar-refractivity contribution in [1.82, 2.24) is 34.8 Å². The van der Waals surface area contributed by atoms with Gasteiger partial charge in [-0.25, -0.2) is 24.9 Å². The highest BCUT2D eigenvalue weighted by molar-refractivity contribution is 5.91. The topological polar surface area (TPSA) is 146 Å². The maximum Gasteiger partial charge on any atom is 0.433 e. The largest absolute Gasteiger partial charge is 0.481 e. The number of fused-ring (bicyclic) bond motifs is 1. The van der Waals surface area contributed by atoms with Crippen molar-refractivity contribution in [2.45, 2.75) is 58.2 Å². The molecule has 51 heavy (non-hydrogen) atoms. The number of rotatable bonds is 14. The zero-order valence-corrected chi connectivity index (χ0v) is 29.3. The van der Waals surface area contributed by atoms with Crippen LogP contribution in [0.15, 0.2) is 30.6 Å². The van der Waals surface area contributed by atoms with Crippen LogP contribution in [0.1, 0.15) is 51.6 Å². The maximum atomic E-state index is 13.9. The highest BCUT2D eigenvalue weighted by Crippen LogP contribution is 2.43. The van der Waals surface area contributed by atoms with Gasteiger partial charge in [0.1, 0.15) is 22.7 Å². The molecule has 0 aromatic carbocycles. The van der Waals surface area contributed by atoms with Crippen LogP contribution in [-0.2, 0) is 15.7 Å². The van der Waals surface area contributed by atoms with Crippen molar-refractivity contribution in [1.29, 1.82) is 0 Å². The first kappa shape index (κ1) is 36.2. The highest BCUT2D eigenvalue weighted by Gasteiger charge is 2.39. The van der Waals surface area contributed by atoms with Crippen molar-refractivity contribution in [2.24, 2.45) is 5.41 Å². The summed E-state index contributed by atoms with van der Waals surface area (Å²) in [5, 5.41) is 8.97. The molecular formula is C35H44F3N9O4. The van der Waals surface area contributed by atoms with E-state index in [1.54, 1.807) is 32.5 Å². The van der Waals surface area contributed by atoms with Gasteiger partial charge in [-0.2, -0.15) is 13.2 Å². The Kier molecular flexibility index (Phi) is 10.6. The molecule has 4 aromatic heterocycles. The lowest BCUT2D eigenvalue weighted by atomic mass is 9.69. The number of alkyl halides is 3. The molecule has 1 saturated heterocycles. The molecular weight excluding hydrogens is 667 g/mol. The minimum absolute atomic E-state index is 0.0346. The molecule has 0 amide bonds. The van der Waals surface area contributed by atoms with Crippen LogP contribution in [0.3, 0.4) is 0 Å². The number of H-pyrrole nitrogens is 1. The fourth-order valence-corrected chi connectivity index (χ4v) is 7.06. The number of ether oxygens (including phenoxy) is 2. The Hall–Kier alpha value is -4.57. The molecule has 0 radical (unpaired) electrons. The summed E-state index contributed by atoms with van der Waals surface area (Å²) in [6.45, 7) is 8.22. The third-order valence-electron chi connectivity index (χ3n) is 9.78. The van der Waals surface area contributed by atoms with Crippen molar-refractivity contribution in [3.8, 4) is 28.7 Å². The Morgan fingerprint density at radius 2 is 1.92 bits per heavy atom. The number of hydrogen-bond donors (Lipinski definition) is 2. The van der Waals surface area contributed by atoms with Crippen LogP contribution in [0.25, 0.3) is 33.9 Å². The molecule has 1 atom stereocenters. The number of carboxylic acid groups (broad SMARTS) is 1. The summed E-state index contributed by atoms with van der Waals surface area (Å²) in [6, 6.07) is 4.43. The van der Waals surface area contributed by atoms with E-state index in [2.05, 4.69) is 36.6 Å². The molecule has 0 bridgehead atoms. The van der Waals surface area contributed by atoms with Crippen LogP contribution >= 0.6 is 0 Å². The molecule has 6 rings (SSSR count). The van der Waals surface area contributed by atoms with Crippen LogP contribution in [0.5, 0.6) is 5.88 Å². The van der Waals surface area contributed by atoms with Crippen molar-refractivity contribution < 1.29 is 32.5 Å². The summed E-state index contributed by atoms with van der Waals surface area (Å²) >= 11 is 0. The number of piperazine rings is 1. The Bertz CT molecular complexity index is 1830. The highest BCUT2D eigenvalue weighted by atomic mass is 19.4. The Morgan fingerprint density at radius 3 is 2.55 bits per heavy atom. The Labute approximate surface area is 294 Å².